The van der Waals surface area contributed by atoms with E-state index in [9.17, 15) is 14.4 Å². The van der Waals surface area contributed by atoms with Crippen LogP contribution in [0.25, 0.3) is 0 Å². The molecule has 0 fully saturated rings. The number of allylic oxidation sites excluding steroid dienone is 16. The second-order valence-corrected chi connectivity index (χ2v) is 22.0. The Labute approximate surface area is 483 Å². The number of rotatable bonds is 60. The molecule has 6 heteroatoms. The Morgan fingerprint density at radius 1 is 0.269 bits per heavy atom. The zero-order valence-corrected chi connectivity index (χ0v) is 51.4. The van der Waals surface area contributed by atoms with Gasteiger partial charge < -0.3 is 14.2 Å². The number of unbranched alkanes of at least 4 members (excludes halogenated alkanes) is 33. The number of carbonyl (C=O) groups is 3. The molecule has 0 aromatic carbocycles. The Morgan fingerprint density at radius 3 is 0.885 bits per heavy atom. The van der Waals surface area contributed by atoms with Gasteiger partial charge in [-0.3, -0.25) is 14.4 Å². The molecule has 0 bridgehead atoms. The van der Waals surface area contributed by atoms with Crippen molar-refractivity contribution in [1.29, 1.82) is 0 Å². The summed E-state index contributed by atoms with van der Waals surface area (Å²) >= 11 is 0. The van der Waals surface area contributed by atoms with Gasteiger partial charge in [-0.2, -0.15) is 0 Å². The summed E-state index contributed by atoms with van der Waals surface area (Å²) in [4.78, 5) is 38.3. The van der Waals surface area contributed by atoms with Gasteiger partial charge in [0.05, 0.1) is 0 Å². The quantitative estimate of drug-likeness (QED) is 0.0261. The van der Waals surface area contributed by atoms with Crippen molar-refractivity contribution in [3.63, 3.8) is 0 Å². The molecule has 448 valence electrons. The summed E-state index contributed by atoms with van der Waals surface area (Å²) in [6.45, 7) is 6.42. The minimum atomic E-state index is -0.825. The summed E-state index contributed by atoms with van der Waals surface area (Å²) in [6, 6.07) is 0. The van der Waals surface area contributed by atoms with Crippen molar-refractivity contribution in [3.05, 3.63) is 97.2 Å². The molecule has 1 atom stereocenters. The molecule has 6 nitrogen and oxygen atoms in total. The van der Waals surface area contributed by atoms with Crippen LogP contribution >= 0.6 is 0 Å². The largest absolute Gasteiger partial charge is 0.462 e. The van der Waals surface area contributed by atoms with E-state index in [1.54, 1.807) is 0 Å². The van der Waals surface area contributed by atoms with Crippen molar-refractivity contribution in [2.24, 2.45) is 0 Å². The lowest BCUT2D eigenvalue weighted by Gasteiger charge is -2.18. The van der Waals surface area contributed by atoms with Crippen LogP contribution in [-0.2, 0) is 28.6 Å². The summed E-state index contributed by atoms with van der Waals surface area (Å²) in [5.41, 5.74) is 0. The van der Waals surface area contributed by atoms with Crippen molar-refractivity contribution < 1.29 is 28.6 Å². The maximum Gasteiger partial charge on any atom is 0.306 e. The first-order valence-corrected chi connectivity index (χ1v) is 33.2. The van der Waals surface area contributed by atoms with Gasteiger partial charge in [0.2, 0.25) is 0 Å². The van der Waals surface area contributed by atoms with Crippen molar-refractivity contribution in [2.75, 3.05) is 13.2 Å². The molecular weight excluding hydrogens is 961 g/mol. The van der Waals surface area contributed by atoms with E-state index in [2.05, 4.69) is 112 Å². The van der Waals surface area contributed by atoms with Gasteiger partial charge >= 0.3 is 17.9 Å². The zero-order chi connectivity index (χ0) is 56.4. The first-order valence-electron chi connectivity index (χ1n) is 33.2. The van der Waals surface area contributed by atoms with Gasteiger partial charge in [-0.25, -0.2) is 0 Å². The van der Waals surface area contributed by atoms with Crippen LogP contribution in [0.2, 0.25) is 0 Å². The Bertz CT molecular complexity index is 1530. The molecule has 1 unspecified atom stereocenters. The van der Waals surface area contributed by atoms with Crippen LogP contribution < -0.4 is 0 Å². The predicted octanol–water partition coefficient (Wildman–Crippen LogP) is 22.8. The molecule has 0 radical (unpaired) electrons. The number of hydrogen-bond donors (Lipinski definition) is 0. The highest BCUT2D eigenvalue weighted by Crippen LogP contribution is 2.17. The summed E-state index contributed by atoms with van der Waals surface area (Å²) in [6.07, 6.45) is 88.8. The van der Waals surface area contributed by atoms with Crippen LogP contribution in [0.5, 0.6) is 0 Å². The molecule has 0 amide bonds. The van der Waals surface area contributed by atoms with E-state index in [0.29, 0.717) is 19.3 Å². The normalized spacial score (nSPS) is 12.7. The highest BCUT2D eigenvalue weighted by atomic mass is 16.6. The second-order valence-electron chi connectivity index (χ2n) is 22.0. The molecule has 0 rings (SSSR count). The minimum Gasteiger partial charge on any atom is -0.462 e. The number of esters is 3. The van der Waals surface area contributed by atoms with Gasteiger partial charge in [-0.15, -0.1) is 0 Å². The van der Waals surface area contributed by atoms with Crippen molar-refractivity contribution in [3.8, 4) is 0 Å². The van der Waals surface area contributed by atoms with E-state index in [-0.39, 0.29) is 31.6 Å². The van der Waals surface area contributed by atoms with Crippen molar-refractivity contribution in [2.45, 2.75) is 329 Å². The van der Waals surface area contributed by atoms with E-state index in [1.165, 1.54) is 167 Å². The Hall–Kier alpha value is -3.67. The van der Waals surface area contributed by atoms with Crippen LogP contribution in [0.1, 0.15) is 323 Å². The average molecular weight is 1090 g/mol. The number of hydrogen-bond acceptors (Lipinski definition) is 6. The molecule has 78 heavy (non-hydrogen) atoms. The van der Waals surface area contributed by atoms with Crippen LogP contribution in [0, 0.1) is 0 Å². The van der Waals surface area contributed by atoms with Crippen LogP contribution in [0.15, 0.2) is 97.2 Å². The summed E-state index contributed by atoms with van der Waals surface area (Å²) in [7, 11) is 0. The lowest BCUT2D eigenvalue weighted by molar-refractivity contribution is -0.166. The van der Waals surface area contributed by atoms with E-state index in [4.69, 9.17) is 14.2 Å². The molecule has 0 N–H and O–H groups in total. The topological polar surface area (TPSA) is 78.9 Å². The summed E-state index contributed by atoms with van der Waals surface area (Å²) in [5.74, 6) is -1.00. The third kappa shape index (κ3) is 63.2. The van der Waals surface area contributed by atoms with Crippen LogP contribution in [0.4, 0.5) is 0 Å². The highest BCUT2D eigenvalue weighted by Gasteiger charge is 2.19. The van der Waals surface area contributed by atoms with Gasteiger partial charge in [-0.1, -0.05) is 317 Å². The molecule has 0 saturated carbocycles. The smallest absolute Gasteiger partial charge is 0.306 e. The fraction of sp³-hybridized carbons (Fsp3) is 0.736. The van der Waals surface area contributed by atoms with E-state index in [0.717, 1.165) is 109 Å². The van der Waals surface area contributed by atoms with E-state index < -0.39 is 12.1 Å². The molecule has 0 aromatic heterocycles. The fourth-order valence-corrected chi connectivity index (χ4v) is 9.39. The SMILES string of the molecule is CC/C=C\C/C=C\C/C=C\C/C=C\C/C=C\C/C=C\CCC(=O)OC(COC(=O)CCCCCCC/C=C\C/C=C\CCC)COC(=O)CCCCCCCCCCCCCCCCCCCCCCCCCCCCCC. The zero-order valence-electron chi connectivity index (χ0n) is 51.4. The standard InChI is InChI=1S/C72H124O6/c1-4-7-10-13-16-19-22-25-27-29-31-32-33-34-35-36-37-38-39-41-42-44-47-50-53-56-59-62-65-71(74)77-68-69(67-76-70(73)64-61-58-55-52-49-46-24-21-18-15-12-9-6-3)78-72(75)66-63-60-57-54-51-48-45-43-40-30-28-26-23-20-17-14-11-8-5-2/h8,11-12,15,17,20-21,24,26,28,40,43,48,51,57,60,69H,4-7,9-10,13-14,16,18-19,22-23,25,27,29-39,41-42,44-47,49-50,52-56,58-59,61-68H2,1-3H3/b11-8-,15-12-,20-17-,24-21-,28-26-,43-40-,51-48-,60-57-. The maximum atomic E-state index is 12.9. The lowest BCUT2D eigenvalue weighted by atomic mass is 10.0. The van der Waals surface area contributed by atoms with Crippen LogP contribution in [-0.4, -0.2) is 37.2 Å². The van der Waals surface area contributed by atoms with Crippen LogP contribution in [0.3, 0.4) is 0 Å². The third-order valence-corrected chi connectivity index (χ3v) is 14.3. The first-order chi connectivity index (χ1) is 38.5. The molecule has 0 heterocycles. The van der Waals surface area contributed by atoms with Crippen molar-refractivity contribution >= 4 is 17.9 Å². The molecule has 0 aliphatic carbocycles. The Kier molecular flexibility index (Phi) is 62.7. The fourth-order valence-electron chi connectivity index (χ4n) is 9.39. The number of ether oxygens (including phenoxy) is 3. The van der Waals surface area contributed by atoms with Gasteiger partial charge in [0.25, 0.3) is 0 Å². The molecule has 0 aliphatic heterocycles. The summed E-state index contributed by atoms with van der Waals surface area (Å²) < 4.78 is 16.8. The maximum absolute atomic E-state index is 12.9. The van der Waals surface area contributed by atoms with Crippen molar-refractivity contribution in [1.82, 2.24) is 0 Å². The first kappa shape index (κ1) is 74.3. The summed E-state index contributed by atoms with van der Waals surface area (Å²) in [5, 5.41) is 0. The van der Waals surface area contributed by atoms with E-state index in [1.807, 2.05) is 6.08 Å². The van der Waals surface area contributed by atoms with Gasteiger partial charge in [0.15, 0.2) is 6.10 Å². The van der Waals surface area contributed by atoms with E-state index >= 15 is 0 Å². The average Bonchev–Trinajstić information content (AvgIpc) is 3.44. The molecule has 0 aliphatic rings. The van der Waals surface area contributed by atoms with Gasteiger partial charge in [-0.05, 0) is 83.5 Å². The minimum absolute atomic E-state index is 0.110. The second kappa shape index (κ2) is 65.8. The predicted molar refractivity (Wildman–Crippen MR) is 339 cm³/mol. The highest BCUT2D eigenvalue weighted by molar-refractivity contribution is 5.71. The number of carbonyl (C=O) groups excluding carboxylic acids is 3. The van der Waals surface area contributed by atoms with Gasteiger partial charge in [0.1, 0.15) is 13.2 Å². The molecule has 0 saturated heterocycles. The van der Waals surface area contributed by atoms with Gasteiger partial charge in [0, 0.05) is 19.3 Å². The molecular formula is C72H124O6. The lowest BCUT2D eigenvalue weighted by Crippen LogP contribution is -2.30. The molecule has 0 aromatic rings. The monoisotopic (exact) mass is 1080 g/mol. The Morgan fingerprint density at radius 2 is 0.551 bits per heavy atom. The Balaban J connectivity index is 4.31. The third-order valence-electron chi connectivity index (χ3n) is 14.3. The molecule has 0 spiro atoms.